The van der Waals surface area contributed by atoms with E-state index in [1.54, 1.807) is 25.7 Å². The maximum Gasteiger partial charge on any atom is 0.408 e. The van der Waals surface area contributed by atoms with Crippen LogP contribution in [0.3, 0.4) is 0 Å². The number of nitrogens with one attached hydrogen (secondary N) is 2. The fraction of sp³-hybridized carbons (Fsp3) is 0.529. The molecule has 0 bridgehead atoms. The molecule has 0 aromatic heterocycles. The maximum absolute atomic E-state index is 14.4. The number of benzene rings is 2. The number of para-hydroxylation sites is 1. The molecule has 0 aliphatic carbocycles. The number of nitrogens with zero attached hydrogens (tertiary/aromatic N) is 1. The Morgan fingerprint density at radius 1 is 0.884 bits per heavy atom. The summed E-state index contributed by atoms with van der Waals surface area (Å²) in [5.41, 5.74) is 8.67. The van der Waals surface area contributed by atoms with Crippen molar-refractivity contribution in [1.82, 2.24) is 10.2 Å². The Kier molecular flexibility index (Phi) is 13.7. The van der Waals surface area contributed by atoms with Crippen molar-refractivity contribution in [3.05, 3.63) is 64.7 Å². The van der Waals surface area contributed by atoms with E-state index < -0.39 is 35.6 Å². The smallest absolute Gasteiger partial charge is 0.408 e. The number of carbonyl (C=O) groups is 4. The van der Waals surface area contributed by atoms with E-state index in [0.717, 1.165) is 42.4 Å². The van der Waals surface area contributed by atoms with Crippen LogP contribution in [0.5, 0.6) is 0 Å². The Morgan fingerprint density at radius 2 is 1.49 bits per heavy atom. The van der Waals surface area contributed by atoms with Crippen LogP contribution in [0.4, 0.5) is 10.5 Å². The number of unbranched alkanes of at least 4 members (excludes halogenated alkanes) is 4. The van der Waals surface area contributed by atoms with Gasteiger partial charge in [-0.1, -0.05) is 75.1 Å². The molecule has 0 aliphatic rings. The molecule has 2 aromatic carbocycles. The molecule has 2 unspecified atom stereocenters. The molecule has 4 amide bonds. The molecule has 0 fully saturated rings. The quantitative estimate of drug-likeness (QED) is 0.210. The van der Waals surface area contributed by atoms with E-state index >= 15 is 0 Å². The van der Waals surface area contributed by atoms with Crippen molar-refractivity contribution in [3.8, 4) is 0 Å². The van der Waals surface area contributed by atoms with Crippen LogP contribution in [0.25, 0.3) is 0 Å². The molecule has 4 N–H and O–H groups in total. The molecule has 0 saturated heterocycles. The molecule has 2 atom stereocenters. The molecule has 0 aliphatic heterocycles. The van der Waals surface area contributed by atoms with Crippen molar-refractivity contribution < 1.29 is 23.9 Å². The van der Waals surface area contributed by atoms with Gasteiger partial charge in [0.2, 0.25) is 11.8 Å². The molecular formula is C34H50N4O5. The van der Waals surface area contributed by atoms with Crippen LogP contribution >= 0.6 is 0 Å². The molecule has 43 heavy (non-hydrogen) atoms. The van der Waals surface area contributed by atoms with Crippen LogP contribution in [0, 0.1) is 20.8 Å². The van der Waals surface area contributed by atoms with Gasteiger partial charge in [-0.25, -0.2) is 4.79 Å². The highest BCUT2D eigenvalue weighted by atomic mass is 16.6. The molecule has 236 valence electrons. The van der Waals surface area contributed by atoms with Crippen LogP contribution in [0.2, 0.25) is 0 Å². The van der Waals surface area contributed by atoms with E-state index in [9.17, 15) is 19.2 Å². The number of aryl methyl sites for hydroxylation is 3. The molecule has 0 saturated carbocycles. The molecule has 0 spiro atoms. The van der Waals surface area contributed by atoms with Crippen LogP contribution < -0.4 is 16.4 Å². The number of rotatable bonds is 15. The number of amides is 4. The number of hydrogen-bond donors (Lipinski definition) is 3. The first-order chi connectivity index (χ1) is 20.2. The third-order valence-corrected chi connectivity index (χ3v) is 7.23. The Balaban J connectivity index is 2.59. The summed E-state index contributed by atoms with van der Waals surface area (Å²) in [4.78, 5) is 54.8. The lowest BCUT2D eigenvalue weighted by Gasteiger charge is -2.35. The van der Waals surface area contributed by atoms with E-state index in [1.807, 2.05) is 63.2 Å². The van der Waals surface area contributed by atoms with Crippen LogP contribution in [0.15, 0.2) is 42.5 Å². The van der Waals surface area contributed by atoms with Gasteiger partial charge >= 0.3 is 6.09 Å². The van der Waals surface area contributed by atoms with Gasteiger partial charge in [-0.3, -0.25) is 14.4 Å². The summed E-state index contributed by atoms with van der Waals surface area (Å²) in [6.07, 6.45) is 3.75. The number of nitrogens with two attached hydrogens (primary N) is 1. The topological polar surface area (TPSA) is 131 Å². The summed E-state index contributed by atoms with van der Waals surface area (Å²) in [5.74, 6) is -1.44. The first kappa shape index (κ1) is 35.3. The minimum atomic E-state index is -1.13. The van der Waals surface area contributed by atoms with Crippen molar-refractivity contribution >= 4 is 29.5 Å². The highest BCUT2D eigenvalue weighted by molar-refractivity contribution is 6.00. The molecule has 2 aromatic rings. The number of alkyl carbamates (subject to hydrolysis) is 1. The van der Waals surface area contributed by atoms with Crippen LogP contribution in [-0.2, 0) is 19.1 Å². The Labute approximate surface area is 256 Å². The fourth-order valence-corrected chi connectivity index (χ4v) is 4.99. The zero-order chi connectivity index (χ0) is 32.2. The summed E-state index contributed by atoms with van der Waals surface area (Å²) in [5, 5.41) is 5.75. The van der Waals surface area contributed by atoms with Gasteiger partial charge in [-0.05, 0) is 76.6 Å². The standard InChI is InChI=1S/C34H50N4O5/c1-8-9-10-11-14-22-38(32(41)27(20-21-28(35)39)36-33(42)43-34(5,6)7)30(26-19-13-12-16-23(26)2)31(40)37-29-24(3)17-15-18-25(29)4/h12-13,15-19,27,30H,8-11,14,20-22H2,1-7H3,(H2,35,39)(H,36,42)(H,37,40). The number of ether oxygens (including phenoxy) is 1. The second-order valence-corrected chi connectivity index (χ2v) is 12.2. The van der Waals surface area contributed by atoms with Gasteiger partial charge < -0.3 is 26.0 Å². The second-order valence-electron chi connectivity index (χ2n) is 12.2. The number of carbonyl (C=O) groups excluding carboxylic acids is 4. The van der Waals surface area contributed by atoms with Crippen molar-refractivity contribution in [2.24, 2.45) is 5.73 Å². The van der Waals surface area contributed by atoms with Gasteiger partial charge in [0.05, 0.1) is 0 Å². The predicted octanol–water partition coefficient (Wildman–Crippen LogP) is 6.25. The van der Waals surface area contributed by atoms with Crippen molar-refractivity contribution in [1.29, 1.82) is 0 Å². The second kappa shape index (κ2) is 16.7. The Bertz CT molecular complexity index is 1230. The van der Waals surface area contributed by atoms with Crippen molar-refractivity contribution in [2.75, 3.05) is 11.9 Å². The monoisotopic (exact) mass is 594 g/mol. The van der Waals surface area contributed by atoms with Gasteiger partial charge in [0, 0.05) is 18.7 Å². The molecule has 0 radical (unpaired) electrons. The summed E-state index contributed by atoms with van der Waals surface area (Å²) in [6, 6.07) is 11.1. The molecule has 9 nitrogen and oxygen atoms in total. The van der Waals surface area contributed by atoms with E-state index in [-0.39, 0.29) is 25.3 Å². The molecule has 2 rings (SSSR count). The fourth-order valence-electron chi connectivity index (χ4n) is 4.99. The lowest BCUT2D eigenvalue weighted by Crippen LogP contribution is -2.53. The third kappa shape index (κ3) is 11.4. The third-order valence-electron chi connectivity index (χ3n) is 7.23. The zero-order valence-corrected chi connectivity index (χ0v) is 26.9. The minimum absolute atomic E-state index is 0.0290. The lowest BCUT2D eigenvalue weighted by atomic mass is 9.96. The Morgan fingerprint density at radius 3 is 2.07 bits per heavy atom. The highest BCUT2D eigenvalue weighted by Gasteiger charge is 2.37. The summed E-state index contributed by atoms with van der Waals surface area (Å²) in [6.45, 7) is 13.3. The van der Waals surface area contributed by atoms with Crippen molar-refractivity contribution in [3.63, 3.8) is 0 Å². The van der Waals surface area contributed by atoms with Gasteiger partial charge in [-0.2, -0.15) is 0 Å². The van der Waals surface area contributed by atoms with E-state index in [4.69, 9.17) is 10.5 Å². The molecule has 0 heterocycles. The largest absolute Gasteiger partial charge is 0.444 e. The maximum atomic E-state index is 14.4. The SMILES string of the molecule is CCCCCCCN(C(=O)C(CCC(N)=O)NC(=O)OC(C)(C)C)C(C(=O)Nc1c(C)cccc1C)c1ccccc1C. The normalized spacial score (nSPS) is 12.6. The van der Waals surface area contributed by atoms with Gasteiger partial charge in [0.25, 0.3) is 5.91 Å². The highest BCUT2D eigenvalue weighted by Crippen LogP contribution is 2.29. The average Bonchev–Trinajstić information content (AvgIpc) is 2.91. The van der Waals surface area contributed by atoms with E-state index in [2.05, 4.69) is 17.6 Å². The summed E-state index contributed by atoms with van der Waals surface area (Å²) in [7, 11) is 0. The first-order valence-corrected chi connectivity index (χ1v) is 15.3. The van der Waals surface area contributed by atoms with Crippen LogP contribution in [0.1, 0.15) is 101 Å². The molecular weight excluding hydrogens is 544 g/mol. The molecule has 9 heteroatoms. The lowest BCUT2D eigenvalue weighted by molar-refractivity contribution is -0.141. The number of anilines is 1. The Hall–Kier alpha value is -3.88. The summed E-state index contributed by atoms with van der Waals surface area (Å²) < 4.78 is 5.43. The van der Waals surface area contributed by atoms with Crippen LogP contribution in [-0.4, -0.2) is 46.9 Å². The average molecular weight is 595 g/mol. The van der Waals surface area contributed by atoms with Crippen molar-refractivity contribution in [2.45, 2.75) is 111 Å². The van der Waals surface area contributed by atoms with Gasteiger partial charge in [-0.15, -0.1) is 0 Å². The number of hydrogen-bond acceptors (Lipinski definition) is 5. The minimum Gasteiger partial charge on any atom is -0.444 e. The predicted molar refractivity (Wildman–Crippen MR) is 171 cm³/mol. The first-order valence-electron chi connectivity index (χ1n) is 15.3. The number of primary amides is 1. The van der Waals surface area contributed by atoms with Gasteiger partial charge in [0.15, 0.2) is 0 Å². The zero-order valence-electron chi connectivity index (χ0n) is 26.9. The van der Waals surface area contributed by atoms with E-state index in [0.29, 0.717) is 17.7 Å². The van der Waals surface area contributed by atoms with Gasteiger partial charge in [0.1, 0.15) is 17.7 Å². The summed E-state index contributed by atoms with van der Waals surface area (Å²) >= 11 is 0. The van der Waals surface area contributed by atoms with E-state index in [1.165, 1.54) is 0 Å².